The van der Waals surface area contributed by atoms with Gasteiger partial charge in [0.25, 0.3) is 0 Å². The van der Waals surface area contributed by atoms with Crippen molar-refractivity contribution in [1.29, 1.82) is 0 Å². The number of likely N-dealkylation sites (tertiary alicyclic amines) is 1. The summed E-state index contributed by atoms with van der Waals surface area (Å²) in [6, 6.07) is 7.99. The van der Waals surface area contributed by atoms with Crippen LogP contribution in [-0.4, -0.2) is 82.3 Å². The summed E-state index contributed by atoms with van der Waals surface area (Å²) in [5, 5.41) is 10.6. The summed E-state index contributed by atoms with van der Waals surface area (Å²) in [6.07, 6.45) is 7.37. The molecule has 0 aliphatic carbocycles. The first-order chi connectivity index (χ1) is 19.7. The maximum Gasteiger partial charge on any atom is 0.312 e. The summed E-state index contributed by atoms with van der Waals surface area (Å²) in [5.74, 6) is -2.81. The van der Waals surface area contributed by atoms with Gasteiger partial charge in [0.15, 0.2) is 0 Å². The summed E-state index contributed by atoms with van der Waals surface area (Å²) in [6.45, 7) is 14.3. The van der Waals surface area contributed by atoms with E-state index in [2.05, 4.69) is 20.1 Å². The molecule has 8 heteroatoms. The third-order valence-corrected chi connectivity index (χ3v) is 9.40. The van der Waals surface area contributed by atoms with E-state index in [9.17, 15) is 19.5 Å². The van der Waals surface area contributed by atoms with E-state index < -0.39 is 41.1 Å². The van der Waals surface area contributed by atoms with E-state index in [0.717, 1.165) is 18.4 Å². The quantitative estimate of drug-likeness (QED) is 0.196. The Balaban J connectivity index is 1.78. The lowest BCUT2D eigenvalue weighted by Crippen LogP contribution is -2.59. The summed E-state index contributed by atoms with van der Waals surface area (Å²) < 4.78 is 12.5. The van der Waals surface area contributed by atoms with Gasteiger partial charge in [-0.3, -0.25) is 14.4 Å². The highest BCUT2D eigenvalue weighted by molar-refractivity contribution is 5.98. The van der Waals surface area contributed by atoms with Crippen molar-refractivity contribution in [3.63, 3.8) is 0 Å². The Bertz CT molecular complexity index is 1120. The standard InChI is InChI=1S/C33H46N2O6/c1-6-9-14-19-40-31(39)27-26-29(37)35(25(22-36)20-24-15-12-11-13-16-24)28(30(38)34(17-8-3)18-10-7-2)33(26)21-23(4)32(27,5)41-33/h6,8,11-13,15-16,23,25-28,36H,1,3,7,9-10,14,17-22H2,2,4-5H3/t23?,25-,26+,27+,28?,32-,33?/m1/s1. The SMILES string of the molecule is C=CCCCOC(=O)[C@@H]1[C@H]2C(=O)N([C@@H](CO)Cc3ccccc3)C(C(=O)N(CC=C)CCCC)C23CC(C)[C@@]1(C)O3. The molecule has 8 nitrogen and oxygen atoms in total. The van der Waals surface area contributed by atoms with Crippen LogP contribution in [0.2, 0.25) is 0 Å². The number of hydrogen-bond donors (Lipinski definition) is 1. The van der Waals surface area contributed by atoms with E-state index in [0.29, 0.717) is 38.8 Å². The van der Waals surface area contributed by atoms with Crippen molar-refractivity contribution in [2.45, 2.75) is 82.6 Å². The molecule has 2 bridgehead atoms. The summed E-state index contributed by atoms with van der Waals surface area (Å²) >= 11 is 0. The second-order valence-corrected chi connectivity index (χ2v) is 12.0. The zero-order valence-corrected chi connectivity index (χ0v) is 24.8. The molecule has 41 heavy (non-hydrogen) atoms. The smallest absolute Gasteiger partial charge is 0.312 e. The average molecular weight is 567 g/mol. The summed E-state index contributed by atoms with van der Waals surface area (Å²) in [5.41, 5.74) is -1.19. The van der Waals surface area contributed by atoms with Crippen LogP contribution in [0.15, 0.2) is 55.6 Å². The fraction of sp³-hybridized carbons (Fsp3) is 0.606. The van der Waals surface area contributed by atoms with E-state index in [1.54, 1.807) is 22.0 Å². The molecule has 3 heterocycles. The Kier molecular flexibility index (Phi) is 9.75. The zero-order chi connectivity index (χ0) is 29.8. The van der Waals surface area contributed by atoms with Crippen molar-refractivity contribution in [3.8, 4) is 0 Å². The third kappa shape index (κ3) is 5.48. The Morgan fingerprint density at radius 3 is 2.61 bits per heavy atom. The highest BCUT2D eigenvalue weighted by atomic mass is 16.6. The molecular formula is C33H46N2O6. The van der Waals surface area contributed by atoms with Crippen molar-refractivity contribution in [2.24, 2.45) is 17.8 Å². The molecule has 4 rings (SSSR count). The van der Waals surface area contributed by atoms with Crippen LogP contribution in [0.3, 0.4) is 0 Å². The molecule has 3 aliphatic rings. The van der Waals surface area contributed by atoms with E-state index in [1.165, 1.54) is 0 Å². The minimum absolute atomic E-state index is 0.0854. The maximum atomic E-state index is 14.5. The summed E-state index contributed by atoms with van der Waals surface area (Å²) in [4.78, 5) is 46.0. The number of aliphatic hydroxyl groups excluding tert-OH is 1. The van der Waals surface area contributed by atoms with Gasteiger partial charge in [0.05, 0.1) is 30.8 Å². The van der Waals surface area contributed by atoms with Gasteiger partial charge in [-0.05, 0) is 50.5 Å². The maximum absolute atomic E-state index is 14.5. The molecule has 1 aromatic rings. The van der Waals surface area contributed by atoms with Gasteiger partial charge in [0.2, 0.25) is 11.8 Å². The second-order valence-electron chi connectivity index (χ2n) is 12.0. The highest BCUT2D eigenvalue weighted by Gasteiger charge is 2.80. The number of fused-ring (bicyclic) bond motifs is 1. The molecule has 224 valence electrons. The molecule has 3 aliphatic heterocycles. The van der Waals surface area contributed by atoms with Crippen molar-refractivity contribution in [1.82, 2.24) is 9.80 Å². The van der Waals surface area contributed by atoms with Crippen LogP contribution < -0.4 is 0 Å². The van der Waals surface area contributed by atoms with Gasteiger partial charge in [-0.2, -0.15) is 0 Å². The molecule has 2 amide bonds. The fourth-order valence-corrected chi connectivity index (χ4v) is 7.30. The molecule has 3 unspecified atom stereocenters. The number of rotatable bonds is 15. The van der Waals surface area contributed by atoms with Crippen molar-refractivity contribution in [3.05, 3.63) is 61.2 Å². The summed E-state index contributed by atoms with van der Waals surface area (Å²) in [7, 11) is 0. The van der Waals surface area contributed by atoms with Gasteiger partial charge in [0.1, 0.15) is 17.6 Å². The highest BCUT2D eigenvalue weighted by Crippen LogP contribution is 2.65. The lowest BCUT2D eigenvalue weighted by molar-refractivity contribution is -0.163. The molecule has 1 N–H and O–H groups in total. The molecular weight excluding hydrogens is 520 g/mol. The molecule has 0 aromatic heterocycles. The van der Waals surface area contributed by atoms with Crippen LogP contribution in [0.4, 0.5) is 0 Å². The monoisotopic (exact) mass is 566 g/mol. The van der Waals surface area contributed by atoms with Gasteiger partial charge < -0.3 is 24.4 Å². The number of amides is 2. The topological polar surface area (TPSA) is 96.4 Å². The Morgan fingerprint density at radius 1 is 1.24 bits per heavy atom. The molecule has 7 atom stereocenters. The Labute approximate surface area is 244 Å². The third-order valence-electron chi connectivity index (χ3n) is 9.40. The lowest BCUT2D eigenvalue weighted by Gasteiger charge is -2.39. The minimum Gasteiger partial charge on any atom is -0.465 e. The van der Waals surface area contributed by atoms with Crippen LogP contribution in [0, 0.1) is 17.8 Å². The molecule has 1 spiro atoms. The van der Waals surface area contributed by atoms with Gasteiger partial charge in [-0.1, -0.05) is 62.8 Å². The normalized spacial score (nSPS) is 30.6. The van der Waals surface area contributed by atoms with E-state index >= 15 is 0 Å². The number of nitrogens with zero attached hydrogens (tertiary/aromatic N) is 2. The predicted molar refractivity (Wildman–Crippen MR) is 157 cm³/mol. The molecule has 3 saturated heterocycles. The second kappa shape index (κ2) is 12.9. The number of ether oxygens (including phenoxy) is 2. The largest absolute Gasteiger partial charge is 0.465 e. The van der Waals surface area contributed by atoms with Crippen LogP contribution >= 0.6 is 0 Å². The first kappa shape index (κ1) is 31.0. The molecule has 3 fully saturated rings. The Hall–Kier alpha value is -2.97. The van der Waals surface area contributed by atoms with Crippen LogP contribution in [-0.2, 0) is 30.3 Å². The fourth-order valence-electron chi connectivity index (χ4n) is 7.30. The minimum atomic E-state index is -1.19. The number of carbonyl (C=O) groups excluding carboxylic acids is 3. The van der Waals surface area contributed by atoms with Gasteiger partial charge >= 0.3 is 5.97 Å². The van der Waals surface area contributed by atoms with Crippen molar-refractivity contribution < 1.29 is 29.0 Å². The molecule has 0 radical (unpaired) electrons. The number of hydrogen-bond acceptors (Lipinski definition) is 6. The Morgan fingerprint density at radius 2 is 1.98 bits per heavy atom. The number of esters is 1. The first-order valence-electron chi connectivity index (χ1n) is 15.0. The predicted octanol–water partition coefficient (Wildman–Crippen LogP) is 3.92. The first-order valence-corrected chi connectivity index (χ1v) is 15.0. The van der Waals surface area contributed by atoms with E-state index in [1.807, 2.05) is 44.2 Å². The number of benzene rings is 1. The van der Waals surface area contributed by atoms with Gasteiger partial charge in [-0.15, -0.1) is 13.2 Å². The number of unbranched alkanes of at least 4 members (excludes halogenated alkanes) is 2. The van der Waals surface area contributed by atoms with Crippen molar-refractivity contribution in [2.75, 3.05) is 26.3 Å². The van der Waals surface area contributed by atoms with Crippen molar-refractivity contribution >= 4 is 17.8 Å². The van der Waals surface area contributed by atoms with Gasteiger partial charge in [-0.25, -0.2) is 0 Å². The van der Waals surface area contributed by atoms with Crippen LogP contribution in [0.25, 0.3) is 0 Å². The number of allylic oxidation sites excluding steroid dienone is 1. The zero-order valence-electron chi connectivity index (χ0n) is 24.8. The van der Waals surface area contributed by atoms with E-state index in [-0.39, 0.29) is 30.9 Å². The van der Waals surface area contributed by atoms with Crippen LogP contribution in [0.5, 0.6) is 0 Å². The molecule has 0 saturated carbocycles. The average Bonchev–Trinajstić information content (AvgIpc) is 3.48. The van der Waals surface area contributed by atoms with Crippen LogP contribution in [0.1, 0.15) is 58.4 Å². The molecule has 1 aromatic carbocycles. The lowest BCUT2D eigenvalue weighted by atomic mass is 9.62. The number of carbonyl (C=O) groups is 3. The van der Waals surface area contributed by atoms with Gasteiger partial charge in [0, 0.05) is 13.1 Å². The number of aliphatic hydroxyl groups is 1. The van der Waals surface area contributed by atoms with E-state index in [4.69, 9.17) is 9.47 Å².